The lowest BCUT2D eigenvalue weighted by Gasteiger charge is -2.11. The van der Waals surface area contributed by atoms with Crippen molar-refractivity contribution in [1.29, 1.82) is 0 Å². The lowest BCUT2D eigenvalue weighted by Crippen LogP contribution is -1.99. The van der Waals surface area contributed by atoms with Gasteiger partial charge in [-0.15, -0.1) is 0 Å². The molecule has 4 nitrogen and oxygen atoms in total. The van der Waals surface area contributed by atoms with Gasteiger partial charge in [0.2, 0.25) is 0 Å². The van der Waals surface area contributed by atoms with Gasteiger partial charge in [0.1, 0.15) is 17.7 Å². The topological polar surface area (TPSA) is 43.6 Å². The summed E-state index contributed by atoms with van der Waals surface area (Å²) in [6, 6.07) is 6.31. The molecule has 0 unspecified atom stereocenters. The fourth-order valence-electron chi connectivity index (χ4n) is 2.22. The molecule has 21 heavy (non-hydrogen) atoms. The van der Waals surface area contributed by atoms with E-state index in [1.165, 1.54) is 5.56 Å². The van der Waals surface area contributed by atoms with Crippen molar-refractivity contribution in [2.24, 2.45) is 0 Å². The van der Waals surface area contributed by atoms with Gasteiger partial charge in [0.05, 0.1) is 5.69 Å². The molecular formula is C15H14BrClN4. The van der Waals surface area contributed by atoms with Gasteiger partial charge in [0.15, 0.2) is 10.8 Å². The number of rotatable bonds is 2. The highest BCUT2D eigenvalue weighted by molar-refractivity contribution is 9.10. The van der Waals surface area contributed by atoms with Crippen molar-refractivity contribution in [2.45, 2.75) is 26.7 Å². The fraction of sp³-hybridized carbons (Fsp3) is 0.267. The maximum atomic E-state index is 6.13. The van der Waals surface area contributed by atoms with Crippen LogP contribution in [0.4, 0.5) is 0 Å². The molecule has 0 spiro atoms. The Balaban J connectivity index is 2.21. The van der Waals surface area contributed by atoms with Crippen molar-refractivity contribution >= 4 is 38.7 Å². The number of benzene rings is 1. The van der Waals surface area contributed by atoms with Crippen LogP contribution in [-0.2, 0) is 0 Å². The molecule has 0 aliphatic carbocycles. The molecule has 0 radical (unpaired) electrons. The van der Waals surface area contributed by atoms with E-state index < -0.39 is 0 Å². The summed E-state index contributed by atoms with van der Waals surface area (Å²) in [5, 5.41) is 0.381. The predicted octanol–water partition coefficient (Wildman–Crippen LogP) is 4.66. The summed E-state index contributed by atoms with van der Waals surface area (Å²) in [5.74, 6) is 1.11. The summed E-state index contributed by atoms with van der Waals surface area (Å²) in [7, 11) is 0. The molecule has 0 fully saturated rings. The van der Waals surface area contributed by atoms with E-state index in [0.717, 1.165) is 10.2 Å². The fourth-order valence-corrected chi connectivity index (χ4v) is 3.06. The molecule has 3 aromatic rings. The molecule has 6 heteroatoms. The molecule has 0 amide bonds. The Morgan fingerprint density at radius 1 is 1.24 bits per heavy atom. The zero-order chi connectivity index (χ0) is 15.1. The number of fused-ring (bicyclic) bond motifs is 1. The molecule has 0 bridgehead atoms. The number of aryl methyl sites for hydroxylation is 1. The Kier molecular flexibility index (Phi) is 3.71. The first-order valence-corrected chi connectivity index (χ1v) is 7.81. The van der Waals surface area contributed by atoms with Crippen LogP contribution >= 0.6 is 27.5 Å². The van der Waals surface area contributed by atoms with Crippen LogP contribution in [0.3, 0.4) is 0 Å². The van der Waals surface area contributed by atoms with Crippen LogP contribution in [0.5, 0.6) is 0 Å². The average Bonchev–Trinajstić information content (AvgIpc) is 2.82. The van der Waals surface area contributed by atoms with Gasteiger partial charge in [0, 0.05) is 4.47 Å². The Bertz CT molecular complexity index is 826. The Morgan fingerprint density at radius 2 is 2.00 bits per heavy atom. The van der Waals surface area contributed by atoms with E-state index in [9.17, 15) is 0 Å². The highest BCUT2D eigenvalue weighted by Gasteiger charge is 2.14. The first-order chi connectivity index (χ1) is 9.97. The number of aromatic nitrogens is 4. The summed E-state index contributed by atoms with van der Waals surface area (Å²) in [6.07, 6.45) is 1.72. The maximum absolute atomic E-state index is 6.13. The van der Waals surface area contributed by atoms with Crippen LogP contribution in [0.1, 0.15) is 31.2 Å². The van der Waals surface area contributed by atoms with Crippen molar-refractivity contribution in [1.82, 2.24) is 19.5 Å². The van der Waals surface area contributed by atoms with Crippen LogP contribution in [0.2, 0.25) is 5.15 Å². The minimum absolute atomic E-state index is 0.381. The normalized spacial score (nSPS) is 11.5. The smallest absolute Gasteiger partial charge is 0.169 e. The predicted molar refractivity (Wildman–Crippen MR) is 88.2 cm³/mol. The summed E-state index contributed by atoms with van der Waals surface area (Å²) < 4.78 is 2.92. The Hall–Kier alpha value is -1.46. The second-order valence-corrected chi connectivity index (χ2v) is 6.43. The van der Waals surface area contributed by atoms with Gasteiger partial charge in [-0.3, -0.25) is 4.57 Å². The van der Waals surface area contributed by atoms with E-state index in [1.54, 1.807) is 6.33 Å². The van der Waals surface area contributed by atoms with Crippen molar-refractivity contribution < 1.29 is 0 Å². The van der Waals surface area contributed by atoms with Gasteiger partial charge in [-0.2, -0.15) is 0 Å². The third kappa shape index (κ3) is 2.56. The summed E-state index contributed by atoms with van der Waals surface area (Å²) >= 11 is 9.77. The third-order valence-electron chi connectivity index (χ3n) is 3.36. The summed E-state index contributed by atoms with van der Waals surface area (Å²) in [6.45, 7) is 6.16. The van der Waals surface area contributed by atoms with Crippen LogP contribution < -0.4 is 0 Å². The number of nitrogens with zero attached hydrogens (tertiary/aromatic N) is 4. The second-order valence-electron chi connectivity index (χ2n) is 5.21. The molecule has 108 valence electrons. The minimum Gasteiger partial charge on any atom is -0.282 e. The molecule has 0 N–H and O–H groups in total. The lowest BCUT2D eigenvalue weighted by atomic mass is 10.0. The molecular weight excluding hydrogens is 352 g/mol. The lowest BCUT2D eigenvalue weighted by molar-refractivity contribution is 0.864. The molecule has 0 saturated heterocycles. The Labute approximate surface area is 136 Å². The zero-order valence-electron chi connectivity index (χ0n) is 11.9. The molecule has 1 aromatic carbocycles. The molecule has 2 aromatic heterocycles. The van der Waals surface area contributed by atoms with Crippen LogP contribution in [0, 0.1) is 6.92 Å². The molecule has 0 atom stereocenters. The minimum atomic E-state index is 0.381. The largest absolute Gasteiger partial charge is 0.282 e. The highest BCUT2D eigenvalue weighted by atomic mass is 79.9. The van der Waals surface area contributed by atoms with Crippen molar-refractivity contribution in [3.63, 3.8) is 0 Å². The highest BCUT2D eigenvalue weighted by Crippen LogP contribution is 2.29. The van der Waals surface area contributed by atoms with E-state index in [4.69, 9.17) is 11.6 Å². The molecule has 0 aliphatic rings. The molecule has 2 heterocycles. The van der Waals surface area contributed by atoms with Crippen LogP contribution in [-0.4, -0.2) is 19.5 Å². The zero-order valence-corrected chi connectivity index (χ0v) is 14.3. The number of halogens is 2. The van der Waals surface area contributed by atoms with Gasteiger partial charge in [-0.25, -0.2) is 15.0 Å². The SMILES string of the molecule is Cc1nc(Cl)c2ncn(-c3ccc(C(C)C)cc3Br)c2n1. The van der Waals surface area contributed by atoms with Gasteiger partial charge in [0.25, 0.3) is 0 Å². The van der Waals surface area contributed by atoms with E-state index in [0.29, 0.717) is 28.1 Å². The molecule has 0 aliphatic heterocycles. The molecule has 0 saturated carbocycles. The van der Waals surface area contributed by atoms with E-state index in [1.807, 2.05) is 11.5 Å². The van der Waals surface area contributed by atoms with Crippen molar-refractivity contribution in [2.75, 3.05) is 0 Å². The van der Waals surface area contributed by atoms with Gasteiger partial charge in [-0.05, 0) is 46.5 Å². The second kappa shape index (κ2) is 5.39. The third-order valence-corrected chi connectivity index (χ3v) is 4.26. The monoisotopic (exact) mass is 364 g/mol. The number of imidazole rings is 1. The number of hydrogen-bond acceptors (Lipinski definition) is 3. The molecule has 3 rings (SSSR count). The average molecular weight is 366 g/mol. The standard InChI is InChI=1S/C15H14BrClN4/c1-8(2)10-4-5-12(11(16)6-10)21-7-18-13-14(17)19-9(3)20-15(13)21/h4-8H,1-3H3. The number of hydrogen-bond donors (Lipinski definition) is 0. The van der Waals surface area contributed by atoms with E-state index in [2.05, 4.69) is 62.9 Å². The van der Waals surface area contributed by atoms with Gasteiger partial charge in [-0.1, -0.05) is 31.5 Å². The van der Waals surface area contributed by atoms with Crippen LogP contribution in [0.15, 0.2) is 29.0 Å². The quantitative estimate of drug-likeness (QED) is 0.620. The van der Waals surface area contributed by atoms with Crippen LogP contribution in [0.25, 0.3) is 16.9 Å². The first kappa shape index (κ1) is 14.5. The summed E-state index contributed by atoms with van der Waals surface area (Å²) in [4.78, 5) is 12.9. The van der Waals surface area contributed by atoms with Crippen molar-refractivity contribution in [3.8, 4) is 5.69 Å². The van der Waals surface area contributed by atoms with E-state index >= 15 is 0 Å². The van der Waals surface area contributed by atoms with Crippen molar-refractivity contribution in [3.05, 3.63) is 45.5 Å². The van der Waals surface area contributed by atoms with Gasteiger partial charge >= 0.3 is 0 Å². The maximum Gasteiger partial charge on any atom is 0.169 e. The van der Waals surface area contributed by atoms with E-state index in [-0.39, 0.29) is 0 Å². The first-order valence-electron chi connectivity index (χ1n) is 6.64. The summed E-state index contributed by atoms with van der Waals surface area (Å²) in [5.41, 5.74) is 3.59. The Morgan fingerprint density at radius 3 is 2.67 bits per heavy atom. The van der Waals surface area contributed by atoms with Gasteiger partial charge < -0.3 is 0 Å².